The summed E-state index contributed by atoms with van der Waals surface area (Å²) in [7, 11) is 0. The molecule has 0 aliphatic carbocycles. The Hall–Kier alpha value is -3.50. The zero-order valence-electron chi connectivity index (χ0n) is 24.9. The molecule has 242 valence electrons. The summed E-state index contributed by atoms with van der Waals surface area (Å²) in [6, 6.07) is -4.02. The highest BCUT2D eigenvalue weighted by Crippen LogP contribution is 2.09. The number of carboxylic acid groups (broad SMARTS) is 1. The molecule has 0 saturated carbocycles. The van der Waals surface area contributed by atoms with Gasteiger partial charge in [-0.3, -0.25) is 24.6 Å². The Morgan fingerprint density at radius 2 is 1.38 bits per heavy atom. The van der Waals surface area contributed by atoms with Crippen LogP contribution in [0.25, 0.3) is 0 Å². The van der Waals surface area contributed by atoms with Crippen LogP contribution in [0.3, 0.4) is 0 Å². The molecule has 0 aliphatic heterocycles. The van der Waals surface area contributed by atoms with Crippen LogP contribution in [0.4, 0.5) is 0 Å². The molecule has 0 aliphatic rings. The first-order chi connectivity index (χ1) is 19.9. The quantitative estimate of drug-likeness (QED) is 0.0332. The van der Waals surface area contributed by atoms with Crippen LogP contribution in [0.5, 0.6) is 0 Å². The molecule has 0 saturated heterocycles. The second-order valence-corrected chi connectivity index (χ2v) is 10.3. The van der Waals surface area contributed by atoms with Gasteiger partial charge in [-0.05, 0) is 64.0 Å². The fourth-order valence-electron chi connectivity index (χ4n) is 3.95. The molecule has 0 bridgehead atoms. The Morgan fingerprint density at radius 3 is 1.93 bits per heavy atom. The number of rotatable bonds is 23. The maximum Gasteiger partial charge on any atom is 0.326 e. The van der Waals surface area contributed by atoms with Gasteiger partial charge in [0, 0.05) is 6.54 Å². The average Bonchev–Trinajstić information content (AvgIpc) is 2.94. The number of hydrogen-bond donors (Lipinski definition) is 11. The topological polar surface area (TPSA) is 294 Å². The number of carboxylic acids is 1. The second kappa shape index (κ2) is 22.1. The minimum absolute atomic E-state index is 0.106. The lowest BCUT2D eigenvalue weighted by Gasteiger charge is -2.25. The van der Waals surface area contributed by atoms with Crippen molar-refractivity contribution in [3.8, 4) is 0 Å². The number of unbranched alkanes of at least 4 members (excludes halogenated alkanes) is 2. The van der Waals surface area contributed by atoms with Gasteiger partial charge >= 0.3 is 5.97 Å². The highest BCUT2D eigenvalue weighted by atomic mass is 16.4. The number of hydrogen-bond acceptors (Lipinski definition) is 9. The lowest BCUT2D eigenvalue weighted by molar-refractivity contribution is -0.142. The van der Waals surface area contributed by atoms with Crippen LogP contribution in [0.15, 0.2) is 0 Å². The molecule has 5 atom stereocenters. The van der Waals surface area contributed by atoms with Crippen molar-refractivity contribution in [2.75, 3.05) is 26.2 Å². The molecule has 0 unspecified atom stereocenters. The van der Waals surface area contributed by atoms with Crippen LogP contribution in [0.2, 0.25) is 0 Å². The minimum atomic E-state index is -1.21. The summed E-state index contributed by atoms with van der Waals surface area (Å²) >= 11 is 0. The SMILES string of the molecule is CC[C@H](C)[C@H](NC(=O)[C@@H](N)CCCCN)C(=O)NCC(=O)N[C@@H](CCCNC(=N)N)C(=O)N[C@@H](CCCCN)C(=O)O. The second-order valence-electron chi connectivity index (χ2n) is 10.3. The maximum absolute atomic E-state index is 13.0. The van der Waals surface area contributed by atoms with E-state index in [0.717, 1.165) is 6.42 Å². The molecule has 16 heteroatoms. The molecule has 15 N–H and O–H groups in total. The third kappa shape index (κ3) is 16.7. The van der Waals surface area contributed by atoms with Crippen LogP contribution in [-0.2, 0) is 24.0 Å². The monoisotopic (exact) mass is 600 g/mol. The van der Waals surface area contributed by atoms with E-state index in [0.29, 0.717) is 51.6 Å². The third-order valence-corrected chi connectivity index (χ3v) is 6.72. The van der Waals surface area contributed by atoms with Crippen molar-refractivity contribution >= 4 is 35.6 Å². The Bertz CT molecular complexity index is 875. The molecular weight excluding hydrogens is 548 g/mol. The van der Waals surface area contributed by atoms with Crippen LogP contribution in [0.1, 0.15) is 71.6 Å². The predicted octanol–water partition coefficient (Wildman–Crippen LogP) is -2.46. The lowest BCUT2D eigenvalue weighted by Crippen LogP contribution is -2.56. The molecule has 0 aromatic heterocycles. The van der Waals surface area contributed by atoms with E-state index in [1.807, 2.05) is 6.92 Å². The van der Waals surface area contributed by atoms with Crippen molar-refractivity contribution in [2.24, 2.45) is 28.9 Å². The van der Waals surface area contributed by atoms with E-state index in [-0.39, 0.29) is 31.3 Å². The zero-order chi connectivity index (χ0) is 32.1. The van der Waals surface area contributed by atoms with E-state index >= 15 is 0 Å². The summed E-state index contributed by atoms with van der Waals surface area (Å²) in [4.78, 5) is 62.9. The van der Waals surface area contributed by atoms with Gasteiger partial charge in [-0.2, -0.15) is 0 Å². The van der Waals surface area contributed by atoms with Gasteiger partial charge in [-0.15, -0.1) is 0 Å². The van der Waals surface area contributed by atoms with E-state index in [1.165, 1.54) is 0 Å². The van der Waals surface area contributed by atoms with E-state index in [4.69, 9.17) is 28.3 Å². The van der Waals surface area contributed by atoms with Crippen molar-refractivity contribution in [3.05, 3.63) is 0 Å². The number of guanidine groups is 1. The van der Waals surface area contributed by atoms with Crippen LogP contribution in [0, 0.1) is 11.3 Å². The Kier molecular flexibility index (Phi) is 20.3. The highest BCUT2D eigenvalue weighted by molar-refractivity contribution is 5.94. The van der Waals surface area contributed by atoms with Gasteiger partial charge in [0.25, 0.3) is 0 Å². The van der Waals surface area contributed by atoms with E-state index < -0.39 is 60.3 Å². The molecule has 0 aromatic carbocycles. The van der Waals surface area contributed by atoms with E-state index in [9.17, 15) is 29.1 Å². The van der Waals surface area contributed by atoms with Crippen molar-refractivity contribution in [1.82, 2.24) is 26.6 Å². The molecule has 4 amide bonds. The molecule has 0 aromatic rings. The number of carbonyl (C=O) groups is 5. The summed E-state index contributed by atoms with van der Waals surface area (Å²) in [6.45, 7) is 4.27. The molecule has 16 nitrogen and oxygen atoms in total. The predicted molar refractivity (Wildman–Crippen MR) is 159 cm³/mol. The van der Waals surface area contributed by atoms with E-state index in [1.54, 1.807) is 6.92 Å². The summed E-state index contributed by atoms with van der Waals surface area (Å²) < 4.78 is 0. The number of nitrogens with two attached hydrogens (primary N) is 4. The third-order valence-electron chi connectivity index (χ3n) is 6.72. The molecular formula is C26H52N10O6. The number of aliphatic carboxylic acids is 1. The van der Waals surface area contributed by atoms with Gasteiger partial charge < -0.3 is 54.6 Å². The largest absolute Gasteiger partial charge is 0.480 e. The minimum Gasteiger partial charge on any atom is -0.480 e. The van der Waals surface area contributed by atoms with Crippen LogP contribution >= 0.6 is 0 Å². The van der Waals surface area contributed by atoms with Gasteiger partial charge in [0.15, 0.2) is 5.96 Å². The number of carbonyl (C=O) groups excluding carboxylic acids is 4. The van der Waals surface area contributed by atoms with Gasteiger partial charge in [0.05, 0.1) is 12.6 Å². The van der Waals surface area contributed by atoms with Crippen molar-refractivity contribution in [1.29, 1.82) is 5.41 Å². The van der Waals surface area contributed by atoms with Gasteiger partial charge in [-0.1, -0.05) is 26.7 Å². The fraction of sp³-hybridized carbons (Fsp3) is 0.769. The van der Waals surface area contributed by atoms with E-state index in [2.05, 4.69) is 26.6 Å². The highest BCUT2D eigenvalue weighted by Gasteiger charge is 2.29. The Morgan fingerprint density at radius 1 is 0.786 bits per heavy atom. The van der Waals surface area contributed by atoms with Gasteiger partial charge in [0.1, 0.15) is 18.1 Å². The van der Waals surface area contributed by atoms with Crippen molar-refractivity contribution in [2.45, 2.75) is 95.8 Å². The summed E-state index contributed by atoms with van der Waals surface area (Å²) in [5, 5.41) is 29.5. The molecule has 0 rings (SSSR count). The number of nitrogens with one attached hydrogen (secondary N) is 6. The average molecular weight is 601 g/mol. The molecule has 42 heavy (non-hydrogen) atoms. The first kappa shape index (κ1) is 38.5. The lowest BCUT2D eigenvalue weighted by atomic mass is 9.97. The standard InChI is InChI=1S/C26H52N10O6/c1-3-16(2)21(36-22(38)17(29)9-4-6-12-27)24(40)33-15-20(37)34-18(11-8-14-32-26(30)31)23(39)35-19(25(41)42)10-5-7-13-28/h16-19,21H,3-15,27-29H2,1-2H3,(H,33,40)(H,34,37)(H,35,39)(H,36,38)(H,41,42)(H4,30,31,32)/t16-,17-,18-,19-,21-/m0/s1. The smallest absolute Gasteiger partial charge is 0.326 e. The number of amides is 4. The maximum atomic E-state index is 13.0. The Balaban J connectivity index is 5.32. The zero-order valence-corrected chi connectivity index (χ0v) is 24.9. The molecule has 0 fully saturated rings. The Labute approximate surface area is 247 Å². The van der Waals surface area contributed by atoms with Crippen LogP contribution < -0.4 is 49.5 Å². The van der Waals surface area contributed by atoms with Crippen molar-refractivity contribution in [3.63, 3.8) is 0 Å². The molecule has 0 heterocycles. The normalized spacial score (nSPS) is 14.4. The summed E-state index contributed by atoms with van der Waals surface area (Å²) in [6.07, 6.45) is 4.06. The summed E-state index contributed by atoms with van der Waals surface area (Å²) in [5.41, 5.74) is 22.2. The first-order valence-electron chi connectivity index (χ1n) is 14.5. The summed E-state index contributed by atoms with van der Waals surface area (Å²) in [5.74, 6) is -4.18. The molecule has 0 spiro atoms. The van der Waals surface area contributed by atoms with Gasteiger partial charge in [0.2, 0.25) is 23.6 Å². The van der Waals surface area contributed by atoms with Crippen LogP contribution in [-0.4, -0.2) is 91.0 Å². The van der Waals surface area contributed by atoms with Gasteiger partial charge in [-0.25, -0.2) is 4.79 Å². The first-order valence-corrected chi connectivity index (χ1v) is 14.5. The van der Waals surface area contributed by atoms with Crippen molar-refractivity contribution < 1.29 is 29.1 Å². The molecule has 0 radical (unpaired) electrons. The fourth-order valence-corrected chi connectivity index (χ4v) is 3.95.